The number of Topliss-reactive ketones (excluding diaryl/α,β-unsaturated/α-hetero) is 1. The molecule has 0 aliphatic carbocycles. The van der Waals surface area contributed by atoms with E-state index in [0.717, 1.165) is 24.8 Å². The molecule has 0 radical (unpaired) electrons. The van der Waals surface area contributed by atoms with Gasteiger partial charge in [-0.05, 0) is 42.5 Å². The molecular weight excluding hydrogens is 626 g/mol. The van der Waals surface area contributed by atoms with Gasteiger partial charge in [-0.3, -0.25) is 19.2 Å². The maximum atomic E-state index is 13.4. The zero-order valence-corrected chi connectivity index (χ0v) is 27.8. The number of phenols is 1. The second-order valence-corrected chi connectivity index (χ2v) is 12.7. The molecule has 2 aromatic carbocycles. The van der Waals surface area contributed by atoms with E-state index < -0.39 is 41.9 Å². The average Bonchev–Trinajstić information content (AvgIpc) is 3.04. The summed E-state index contributed by atoms with van der Waals surface area (Å²) in [7, 11) is 1.45. The maximum Gasteiger partial charge on any atom is 0.326 e. The van der Waals surface area contributed by atoms with Crippen molar-refractivity contribution in [2.24, 2.45) is 5.73 Å². The van der Waals surface area contributed by atoms with Gasteiger partial charge in [0.05, 0.1) is 7.11 Å². The molecule has 0 bridgehead atoms. The van der Waals surface area contributed by atoms with E-state index in [1.807, 2.05) is 0 Å². The third-order valence-corrected chi connectivity index (χ3v) is 8.97. The fraction of sp³-hybridized carbons (Fsp3) is 0.500. The number of ether oxygens (including phenoxy) is 1. The van der Waals surface area contributed by atoms with E-state index in [4.69, 9.17) is 15.6 Å². The summed E-state index contributed by atoms with van der Waals surface area (Å²) in [5.74, 6) is -3.35. The lowest BCUT2D eigenvalue weighted by atomic mass is 10.0. The number of ketones is 1. The number of methoxy groups -OCH3 is 1. The van der Waals surface area contributed by atoms with Crippen molar-refractivity contribution in [3.8, 4) is 11.5 Å². The number of aliphatic carboxylic acids is 2. The van der Waals surface area contributed by atoms with E-state index >= 15 is 0 Å². The lowest BCUT2D eigenvalue weighted by Crippen LogP contribution is -2.53. The SMILES string of the molecule is CCCCCC(CC(=O)CCc1ccc(O)c(OC)c1)SCC(NC(=O)CCC(N)C(=O)O)C(=O)NC(Cc1ccccc1)C(=O)O. The molecule has 4 atom stereocenters. The van der Waals surface area contributed by atoms with Gasteiger partial charge in [0.15, 0.2) is 11.5 Å². The number of aryl methyl sites for hydroxylation is 1. The normalized spacial score (nSPS) is 13.5. The third kappa shape index (κ3) is 14.9. The predicted octanol–water partition coefficient (Wildman–Crippen LogP) is 3.46. The lowest BCUT2D eigenvalue weighted by Gasteiger charge is -2.24. The molecule has 0 saturated carbocycles. The number of nitrogens with two attached hydrogens (primary N) is 1. The Balaban J connectivity index is 2.14. The number of carboxylic acid groups (broad SMARTS) is 2. The maximum absolute atomic E-state index is 13.4. The van der Waals surface area contributed by atoms with Gasteiger partial charge in [0.1, 0.15) is 23.9 Å². The van der Waals surface area contributed by atoms with Crippen LogP contribution in [0.25, 0.3) is 0 Å². The van der Waals surface area contributed by atoms with Gasteiger partial charge in [0.25, 0.3) is 0 Å². The number of phenolic OH excluding ortho intramolecular Hbond substituents is 1. The third-order valence-electron chi connectivity index (χ3n) is 7.57. The molecule has 0 aromatic heterocycles. The number of carbonyl (C=O) groups excluding carboxylic acids is 3. The smallest absolute Gasteiger partial charge is 0.326 e. The first-order chi connectivity index (χ1) is 22.4. The second-order valence-electron chi connectivity index (χ2n) is 11.4. The largest absolute Gasteiger partial charge is 0.504 e. The highest BCUT2D eigenvalue weighted by atomic mass is 32.2. The Hall–Kier alpha value is -4.10. The lowest BCUT2D eigenvalue weighted by molar-refractivity contribution is -0.142. The molecule has 13 heteroatoms. The van der Waals surface area contributed by atoms with Crippen molar-refractivity contribution in [2.75, 3.05) is 12.9 Å². The highest BCUT2D eigenvalue weighted by Crippen LogP contribution is 2.28. The summed E-state index contributed by atoms with van der Waals surface area (Å²) in [5.41, 5.74) is 7.08. The first kappa shape index (κ1) is 39.1. The number of benzene rings is 2. The Bertz CT molecular complexity index is 1330. The highest BCUT2D eigenvalue weighted by Gasteiger charge is 2.28. The Kier molecular flexibility index (Phi) is 17.4. The molecule has 0 heterocycles. The number of carbonyl (C=O) groups is 5. The number of amides is 2. The molecular formula is C34H47N3O9S. The van der Waals surface area contributed by atoms with Crippen molar-refractivity contribution in [3.63, 3.8) is 0 Å². The van der Waals surface area contributed by atoms with E-state index in [-0.39, 0.29) is 54.6 Å². The topological polar surface area (TPSA) is 205 Å². The van der Waals surface area contributed by atoms with Crippen LogP contribution in [0.15, 0.2) is 48.5 Å². The molecule has 0 fully saturated rings. The second kappa shape index (κ2) is 20.9. The molecule has 258 valence electrons. The van der Waals surface area contributed by atoms with Crippen molar-refractivity contribution in [1.29, 1.82) is 0 Å². The van der Waals surface area contributed by atoms with Crippen LogP contribution in [-0.2, 0) is 36.8 Å². The fourth-order valence-corrected chi connectivity index (χ4v) is 6.13. The van der Waals surface area contributed by atoms with Gasteiger partial charge in [-0.2, -0.15) is 11.8 Å². The first-order valence-electron chi connectivity index (χ1n) is 15.8. The van der Waals surface area contributed by atoms with Crippen LogP contribution in [0.2, 0.25) is 0 Å². The van der Waals surface area contributed by atoms with Gasteiger partial charge in [0.2, 0.25) is 11.8 Å². The predicted molar refractivity (Wildman–Crippen MR) is 179 cm³/mol. The monoisotopic (exact) mass is 673 g/mol. The average molecular weight is 674 g/mol. The van der Waals surface area contributed by atoms with Crippen molar-refractivity contribution in [3.05, 3.63) is 59.7 Å². The van der Waals surface area contributed by atoms with Crippen LogP contribution in [-0.4, -0.2) is 81.1 Å². The molecule has 12 nitrogen and oxygen atoms in total. The minimum Gasteiger partial charge on any atom is -0.504 e. The van der Waals surface area contributed by atoms with Crippen molar-refractivity contribution < 1.29 is 44.0 Å². The Labute approximate surface area is 279 Å². The van der Waals surface area contributed by atoms with Crippen LogP contribution in [0.4, 0.5) is 0 Å². The molecule has 0 aliphatic heterocycles. The van der Waals surface area contributed by atoms with E-state index in [1.54, 1.807) is 42.5 Å². The molecule has 4 unspecified atom stereocenters. The van der Waals surface area contributed by atoms with Gasteiger partial charge in [0, 0.05) is 36.7 Å². The molecule has 2 aromatic rings. The number of rotatable bonds is 23. The van der Waals surface area contributed by atoms with Crippen LogP contribution >= 0.6 is 11.8 Å². The summed E-state index contributed by atoms with van der Waals surface area (Å²) >= 11 is 1.36. The fourth-order valence-electron chi connectivity index (χ4n) is 4.80. The van der Waals surface area contributed by atoms with E-state index in [2.05, 4.69) is 17.6 Å². The number of hydrogen-bond acceptors (Lipinski definition) is 9. The number of hydrogen-bond donors (Lipinski definition) is 6. The zero-order chi connectivity index (χ0) is 34.8. The van der Waals surface area contributed by atoms with Crippen molar-refractivity contribution in [2.45, 2.75) is 94.5 Å². The standard InChI is InChI=1S/C34H47N3O9S/c1-3-4-6-11-25(20-24(38)14-12-23-13-16-29(39)30(19-23)46-2)47-21-28(36-31(40)17-15-26(35)33(42)43)32(41)37-27(34(44)45)18-22-9-7-5-8-10-22/h5,7-10,13,16,19,25-28,39H,3-4,6,11-12,14-15,17-18,20-21,35H2,1-2H3,(H,36,40)(H,37,41)(H,42,43)(H,44,45). The van der Waals surface area contributed by atoms with Crippen molar-refractivity contribution in [1.82, 2.24) is 10.6 Å². The Morgan fingerprint density at radius 1 is 0.894 bits per heavy atom. The van der Waals surface area contributed by atoms with E-state index in [9.17, 15) is 34.2 Å². The van der Waals surface area contributed by atoms with Crippen LogP contribution in [0.5, 0.6) is 11.5 Å². The minimum atomic E-state index is -1.25. The summed E-state index contributed by atoms with van der Waals surface area (Å²) in [5, 5.41) is 33.7. The van der Waals surface area contributed by atoms with Gasteiger partial charge < -0.3 is 36.4 Å². The first-order valence-corrected chi connectivity index (χ1v) is 16.8. The van der Waals surface area contributed by atoms with E-state index in [1.165, 1.54) is 24.9 Å². The summed E-state index contributed by atoms with van der Waals surface area (Å²) in [6.45, 7) is 2.07. The molecule has 0 saturated heterocycles. The molecule has 2 amide bonds. The molecule has 0 aliphatic rings. The van der Waals surface area contributed by atoms with Crippen LogP contribution in [0.3, 0.4) is 0 Å². The summed E-state index contributed by atoms with van der Waals surface area (Å²) in [4.78, 5) is 62.4. The number of nitrogens with one attached hydrogen (secondary N) is 2. The molecule has 2 rings (SSSR count). The minimum absolute atomic E-state index is 0.0140. The van der Waals surface area contributed by atoms with Gasteiger partial charge in [-0.25, -0.2) is 4.79 Å². The van der Waals surface area contributed by atoms with Gasteiger partial charge >= 0.3 is 11.9 Å². The number of thioether (sulfide) groups is 1. The Morgan fingerprint density at radius 2 is 1.62 bits per heavy atom. The van der Waals surface area contributed by atoms with Crippen molar-refractivity contribution >= 4 is 41.3 Å². The molecule has 47 heavy (non-hydrogen) atoms. The quantitative estimate of drug-likeness (QED) is 0.0942. The number of aromatic hydroxyl groups is 1. The number of carboxylic acids is 2. The van der Waals surface area contributed by atoms with Crippen LogP contribution < -0.4 is 21.1 Å². The summed E-state index contributed by atoms with van der Waals surface area (Å²) in [6.07, 6.45) is 4.13. The Morgan fingerprint density at radius 3 is 2.26 bits per heavy atom. The summed E-state index contributed by atoms with van der Waals surface area (Å²) < 4.78 is 5.15. The summed E-state index contributed by atoms with van der Waals surface area (Å²) in [6, 6.07) is 10.1. The molecule has 0 spiro atoms. The molecule has 7 N–H and O–H groups in total. The van der Waals surface area contributed by atoms with Gasteiger partial charge in [-0.1, -0.05) is 62.6 Å². The van der Waals surface area contributed by atoms with Crippen LogP contribution in [0.1, 0.15) is 69.4 Å². The zero-order valence-electron chi connectivity index (χ0n) is 27.0. The van der Waals surface area contributed by atoms with Crippen LogP contribution in [0, 0.1) is 0 Å². The van der Waals surface area contributed by atoms with E-state index in [0.29, 0.717) is 24.2 Å². The number of unbranched alkanes of at least 4 members (excludes halogenated alkanes) is 2. The highest BCUT2D eigenvalue weighted by molar-refractivity contribution is 8.00. The van der Waals surface area contributed by atoms with Gasteiger partial charge in [-0.15, -0.1) is 0 Å².